The second-order valence-corrected chi connectivity index (χ2v) is 9.57. The van der Waals surface area contributed by atoms with Crippen molar-refractivity contribution in [1.82, 2.24) is 4.98 Å². The highest BCUT2D eigenvalue weighted by Gasteiger charge is 2.49. The van der Waals surface area contributed by atoms with E-state index < -0.39 is 23.7 Å². The normalized spacial score (nSPS) is 16.4. The lowest BCUT2D eigenvalue weighted by atomic mass is 9.93. The Morgan fingerprint density at radius 1 is 1.03 bits per heavy atom. The van der Waals surface area contributed by atoms with Crippen molar-refractivity contribution in [3.05, 3.63) is 69.2 Å². The molecule has 2 aromatic carbocycles. The second kappa shape index (κ2) is 11.2. The number of anilines is 1. The number of ketones is 1. The number of aryl methyl sites for hydroxylation is 2. The number of nitrogens with zero attached hydrogens (tertiary/aromatic N) is 2. The Bertz CT molecular complexity index is 1490. The van der Waals surface area contributed by atoms with Gasteiger partial charge in [0.15, 0.2) is 5.13 Å². The summed E-state index contributed by atoms with van der Waals surface area (Å²) < 4.78 is 21.3. The van der Waals surface area contributed by atoms with Crippen molar-refractivity contribution in [1.29, 1.82) is 0 Å². The zero-order chi connectivity index (χ0) is 28.4. The van der Waals surface area contributed by atoms with Crippen LogP contribution in [0.2, 0.25) is 0 Å². The fourth-order valence-corrected chi connectivity index (χ4v) is 5.40. The summed E-state index contributed by atoms with van der Waals surface area (Å²) in [7, 11) is 4.48. The van der Waals surface area contributed by atoms with Crippen molar-refractivity contribution >= 4 is 39.9 Å². The summed E-state index contributed by atoms with van der Waals surface area (Å²) in [5.41, 5.74) is 1.60. The van der Waals surface area contributed by atoms with Gasteiger partial charge in [0, 0.05) is 17.2 Å². The van der Waals surface area contributed by atoms with Gasteiger partial charge in [0.05, 0.1) is 39.2 Å². The predicted molar refractivity (Wildman–Crippen MR) is 145 cm³/mol. The first kappa shape index (κ1) is 27.6. The Hall–Kier alpha value is -4.38. The van der Waals surface area contributed by atoms with Crippen LogP contribution in [0.15, 0.2) is 42.0 Å². The highest BCUT2D eigenvalue weighted by molar-refractivity contribution is 7.17. The predicted octanol–water partition coefficient (Wildman–Crippen LogP) is 4.59. The van der Waals surface area contributed by atoms with Crippen LogP contribution < -0.4 is 19.1 Å². The molecule has 0 saturated carbocycles. The average Bonchev–Trinajstić information content (AvgIpc) is 3.44. The Labute approximate surface area is 229 Å². The van der Waals surface area contributed by atoms with Crippen LogP contribution in [0.5, 0.6) is 17.2 Å². The van der Waals surface area contributed by atoms with Gasteiger partial charge in [-0.2, -0.15) is 0 Å². The molecule has 11 heteroatoms. The minimum atomic E-state index is -1.12. The van der Waals surface area contributed by atoms with Crippen molar-refractivity contribution in [3.63, 3.8) is 0 Å². The van der Waals surface area contributed by atoms with Crippen molar-refractivity contribution in [2.24, 2.45) is 0 Å². The molecule has 3 aromatic rings. The molecule has 10 nitrogen and oxygen atoms in total. The molecule has 1 saturated heterocycles. The van der Waals surface area contributed by atoms with Crippen LogP contribution in [0.1, 0.15) is 45.0 Å². The average molecular weight is 553 g/mol. The van der Waals surface area contributed by atoms with Crippen molar-refractivity contribution in [2.45, 2.75) is 26.8 Å². The molecule has 1 unspecified atom stereocenters. The zero-order valence-electron chi connectivity index (χ0n) is 22.4. The number of benzene rings is 2. The van der Waals surface area contributed by atoms with Gasteiger partial charge in [-0.05, 0) is 56.7 Å². The van der Waals surface area contributed by atoms with E-state index in [4.69, 9.17) is 18.9 Å². The molecule has 4 rings (SSSR count). The van der Waals surface area contributed by atoms with Crippen LogP contribution in [-0.2, 0) is 14.3 Å². The smallest absolute Gasteiger partial charge is 0.350 e. The highest BCUT2D eigenvalue weighted by Crippen LogP contribution is 2.47. The lowest BCUT2D eigenvalue weighted by Crippen LogP contribution is -2.29. The molecule has 39 heavy (non-hydrogen) atoms. The number of Topliss-reactive ketones (excluding diaryl/α,β-unsaturated/α-hetero) is 1. The van der Waals surface area contributed by atoms with E-state index >= 15 is 0 Å². The number of aliphatic hydroxyl groups is 1. The third-order valence-corrected chi connectivity index (χ3v) is 7.46. The minimum Gasteiger partial charge on any atom is -0.507 e. The van der Waals surface area contributed by atoms with Crippen LogP contribution in [0.4, 0.5) is 5.13 Å². The molecule has 1 amide bonds. The van der Waals surface area contributed by atoms with Crippen LogP contribution in [0, 0.1) is 13.8 Å². The molecule has 1 fully saturated rings. The molecule has 1 aliphatic rings. The van der Waals surface area contributed by atoms with Crippen molar-refractivity contribution < 1.29 is 38.4 Å². The van der Waals surface area contributed by atoms with Crippen LogP contribution in [0.25, 0.3) is 5.76 Å². The molecule has 1 N–H and O–H groups in total. The van der Waals surface area contributed by atoms with Crippen LogP contribution in [0.3, 0.4) is 0 Å². The number of hydrogen-bond donors (Lipinski definition) is 1. The number of aliphatic hydroxyl groups excluding tert-OH is 1. The summed E-state index contributed by atoms with van der Waals surface area (Å²) in [5.74, 6) is -1.37. The summed E-state index contributed by atoms with van der Waals surface area (Å²) in [6, 6.07) is 8.79. The van der Waals surface area contributed by atoms with E-state index in [-0.39, 0.29) is 27.9 Å². The van der Waals surface area contributed by atoms with Crippen LogP contribution >= 0.6 is 11.3 Å². The first-order valence-electron chi connectivity index (χ1n) is 12.0. The Morgan fingerprint density at radius 3 is 2.31 bits per heavy atom. The van der Waals surface area contributed by atoms with E-state index in [1.54, 1.807) is 57.2 Å². The van der Waals surface area contributed by atoms with Gasteiger partial charge in [0.1, 0.15) is 33.9 Å². The van der Waals surface area contributed by atoms with E-state index in [1.807, 2.05) is 0 Å². The summed E-state index contributed by atoms with van der Waals surface area (Å²) in [4.78, 5) is 45.4. The molecule has 0 spiro atoms. The van der Waals surface area contributed by atoms with Gasteiger partial charge >= 0.3 is 11.9 Å². The molecule has 1 aromatic heterocycles. The number of hydrogen-bond acceptors (Lipinski definition) is 10. The van der Waals surface area contributed by atoms with Crippen molar-refractivity contribution in [2.75, 3.05) is 32.8 Å². The largest absolute Gasteiger partial charge is 0.507 e. The molecular formula is C28H28N2O8S. The Morgan fingerprint density at radius 2 is 1.69 bits per heavy atom. The molecule has 204 valence electrons. The molecular weight excluding hydrogens is 524 g/mol. The third kappa shape index (κ3) is 4.92. The maximum Gasteiger partial charge on any atom is 0.350 e. The van der Waals surface area contributed by atoms with E-state index in [0.717, 1.165) is 11.3 Å². The quantitative estimate of drug-likeness (QED) is 0.185. The SMILES string of the molecule is CCOC(=O)c1sc(N2C(=O)C(=O)C(=C(O)c3ccc(OC)cc3C)C2c2ccc(OC)cc2OC)nc1C. The maximum atomic E-state index is 13.6. The van der Waals surface area contributed by atoms with Gasteiger partial charge in [-0.1, -0.05) is 11.3 Å². The molecule has 1 aliphatic heterocycles. The molecule has 1 atom stereocenters. The number of esters is 1. The number of thiazole rings is 1. The van der Waals surface area contributed by atoms with Gasteiger partial charge in [-0.25, -0.2) is 9.78 Å². The fourth-order valence-electron chi connectivity index (χ4n) is 4.41. The first-order valence-corrected chi connectivity index (χ1v) is 12.8. The Kier molecular flexibility index (Phi) is 7.91. The van der Waals surface area contributed by atoms with E-state index in [2.05, 4.69) is 4.98 Å². The number of aromatic nitrogens is 1. The lowest BCUT2D eigenvalue weighted by molar-refractivity contribution is -0.132. The number of carbonyl (C=O) groups is 3. The number of methoxy groups -OCH3 is 3. The van der Waals surface area contributed by atoms with E-state index in [9.17, 15) is 19.5 Å². The molecule has 0 aliphatic carbocycles. The number of carbonyl (C=O) groups excluding carboxylic acids is 3. The highest BCUT2D eigenvalue weighted by atomic mass is 32.1. The van der Waals surface area contributed by atoms with Gasteiger partial charge in [0.25, 0.3) is 5.78 Å². The zero-order valence-corrected chi connectivity index (χ0v) is 23.2. The minimum absolute atomic E-state index is 0.103. The van der Waals surface area contributed by atoms with Gasteiger partial charge < -0.3 is 24.1 Å². The topological polar surface area (TPSA) is 124 Å². The summed E-state index contributed by atoms with van der Waals surface area (Å²) in [6.45, 7) is 5.23. The van der Waals surface area contributed by atoms with Gasteiger partial charge in [-0.3, -0.25) is 14.5 Å². The standard InChI is InChI=1S/C28H28N2O8S/c1-7-38-27(34)25-15(3)29-28(39-25)30-22(19-11-9-17(36-5)13-20(19)37-6)21(24(32)26(30)33)23(31)18-10-8-16(35-4)12-14(18)2/h8-13,22,31H,7H2,1-6H3. The number of rotatable bonds is 8. The van der Waals surface area contributed by atoms with Gasteiger partial charge in [0.2, 0.25) is 0 Å². The number of ether oxygens (including phenoxy) is 4. The second-order valence-electron chi connectivity index (χ2n) is 8.59. The van der Waals surface area contributed by atoms with Crippen LogP contribution in [-0.4, -0.2) is 55.7 Å². The molecule has 0 bridgehead atoms. The van der Waals surface area contributed by atoms with E-state index in [1.165, 1.54) is 26.2 Å². The molecule has 2 heterocycles. The monoisotopic (exact) mass is 552 g/mol. The number of amides is 1. The fraction of sp³-hybridized carbons (Fsp3) is 0.286. The summed E-state index contributed by atoms with van der Waals surface area (Å²) in [5, 5.41) is 11.6. The summed E-state index contributed by atoms with van der Waals surface area (Å²) >= 11 is 0.929. The lowest BCUT2D eigenvalue weighted by Gasteiger charge is -2.25. The van der Waals surface area contributed by atoms with Crippen molar-refractivity contribution in [3.8, 4) is 17.2 Å². The molecule has 0 radical (unpaired) electrons. The van der Waals surface area contributed by atoms with E-state index in [0.29, 0.717) is 39.6 Å². The van der Waals surface area contributed by atoms with Gasteiger partial charge in [-0.15, -0.1) is 0 Å². The Balaban J connectivity index is 1.98. The maximum absolute atomic E-state index is 13.6. The summed E-state index contributed by atoms with van der Waals surface area (Å²) in [6.07, 6.45) is 0. The third-order valence-electron chi connectivity index (χ3n) is 6.32. The first-order chi connectivity index (χ1) is 18.7.